The molecule has 0 fully saturated rings. The second-order valence-electron chi connectivity index (χ2n) is 1.05. The Labute approximate surface area is 89.6 Å². The van der Waals surface area contributed by atoms with Gasteiger partial charge in [0.25, 0.3) is 0 Å². The van der Waals surface area contributed by atoms with Crippen LogP contribution in [-0.4, -0.2) is 0 Å². The molecule has 0 saturated heterocycles. The fourth-order valence-corrected chi connectivity index (χ4v) is 0.222. The van der Waals surface area contributed by atoms with Gasteiger partial charge in [-0.1, -0.05) is 24.3 Å². The first-order valence-electron chi connectivity index (χ1n) is 2.15. The second-order valence-corrected chi connectivity index (χ2v) is 1.05. The average Bonchev–Trinajstić information content (AvgIpc) is 1.61. The Morgan fingerprint density at radius 2 is 1.29 bits per heavy atom. The van der Waals surface area contributed by atoms with E-state index in [0.717, 1.165) is 0 Å². The molecule has 0 spiro atoms. The van der Waals surface area contributed by atoms with E-state index < -0.39 is 0 Å². The molecule has 36 valence electrons. The first-order chi connectivity index (χ1) is 2.91. The summed E-state index contributed by atoms with van der Waals surface area (Å²) in [5.41, 5.74) is 0. The third-order valence-electron chi connectivity index (χ3n) is 0.496. The van der Waals surface area contributed by atoms with Gasteiger partial charge in [0.15, 0.2) is 0 Å². The van der Waals surface area contributed by atoms with Crippen molar-refractivity contribution < 1.29 is 52.8 Å². The van der Waals surface area contributed by atoms with Crippen LogP contribution >= 0.6 is 0 Å². The predicted molar refractivity (Wildman–Crippen MR) is 30.7 cm³/mol. The van der Waals surface area contributed by atoms with Gasteiger partial charge in [0, 0.05) is 0 Å². The van der Waals surface area contributed by atoms with Crippen LogP contribution in [0.3, 0.4) is 0 Å². The zero-order chi connectivity index (χ0) is 4.83. The summed E-state index contributed by atoms with van der Waals surface area (Å²) < 4.78 is 0. The van der Waals surface area contributed by atoms with E-state index in [2.05, 4.69) is 0 Å². The molecule has 0 aliphatic rings. The maximum atomic E-state index is 2.00. The van der Waals surface area contributed by atoms with Crippen molar-refractivity contribution in [3.63, 3.8) is 0 Å². The van der Waals surface area contributed by atoms with E-state index >= 15 is 0 Å². The summed E-state index contributed by atoms with van der Waals surface area (Å²) in [5, 5.41) is 0. The number of hydrogen-bond donors (Lipinski definition) is 0. The Morgan fingerprint density at radius 3 is 1.43 bits per heavy atom. The summed E-state index contributed by atoms with van der Waals surface area (Å²) >= 11 is 0. The van der Waals surface area contributed by atoms with E-state index in [4.69, 9.17) is 0 Å². The largest absolute Gasteiger partial charge is 1.00 e. The van der Waals surface area contributed by atoms with Gasteiger partial charge >= 0.3 is 51.4 Å². The van der Waals surface area contributed by atoms with Crippen molar-refractivity contribution >= 4 is 0 Å². The van der Waals surface area contributed by atoms with Gasteiger partial charge in [-0.2, -0.15) is 0 Å². The van der Waals surface area contributed by atoms with Crippen molar-refractivity contribution in [3.8, 4) is 0 Å². The summed E-state index contributed by atoms with van der Waals surface area (Å²) in [6, 6.07) is 0. The molecule has 0 aromatic carbocycles. The number of hydrogen-bond acceptors (Lipinski definition) is 0. The monoisotopic (exact) mass is 122 g/mol. The molecule has 0 aromatic rings. The fraction of sp³-hybridized carbons (Fsp3) is 0.333. The van der Waals surface area contributed by atoms with Crippen LogP contribution in [0.25, 0.3) is 0 Å². The molecule has 0 unspecified atom stereocenters. The van der Waals surface area contributed by atoms with E-state index in [1.807, 2.05) is 38.2 Å². The van der Waals surface area contributed by atoms with Crippen LogP contribution < -0.4 is 51.4 Å². The maximum absolute atomic E-state index is 2.00. The van der Waals surface area contributed by atoms with Crippen molar-refractivity contribution in [2.45, 2.75) is 13.8 Å². The van der Waals surface area contributed by atoms with Gasteiger partial charge in [-0.15, -0.1) is 0 Å². The standard InChI is InChI=1S/C6H10.K.H/c1-3-5-6-4-2;;/h3-6H,1-2H3;;/q;+1;-1. The van der Waals surface area contributed by atoms with Crippen LogP contribution in [0, 0.1) is 0 Å². The molecule has 0 nitrogen and oxygen atoms in total. The van der Waals surface area contributed by atoms with Gasteiger partial charge in [0.1, 0.15) is 0 Å². The van der Waals surface area contributed by atoms with E-state index in [1.165, 1.54) is 0 Å². The minimum absolute atomic E-state index is 0. The van der Waals surface area contributed by atoms with E-state index in [-0.39, 0.29) is 52.8 Å². The summed E-state index contributed by atoms with van der Waals surface area (Å²) in [6.07, 6.45) is 8.00. The Bertz CT molecular complexity index is 56.9. The van der Waals surface area contributed by atoms with Crippen LogP contribution in [0.4, 0.5) is 0 Å². The predicted octanol–water partition coefficient (Wildman–Crippen LogP) is -0.745. The molecule has 0 radical (unpaired) electrons. The van der Waals surface area contributed by atoms with Crippen molar-refractivity contribution in [1.82, 2.24) is 0 Å². The third-order valence-corrected chi connectivity index (χ3v) is 0.496. The minimum Gasteiger partial charge on any atom is -1.00 e. The molecular formula is C6H11K. The molecule has 0 bridgehead atoms. The van der Waals surface area contributed by atoms with Gasteiger partial charge in [-0.25, -0.2) is 0 Å². The SMILES string of the molecule is CC=CC=CC.[H-].[K+]. The van der Waals surface area contributed by atoms with Crippen LogP contribution in [0.5, 0.6) is 0 Å². The van der Waals surface area contributed by atoms with Crippen LogP contribution in [-0.2, 0) is 0 Å². The van der Waals surface area contributed by atoms with Crippen LogP contribution in [0.2, 0.25) is 0 Å². The van der Waals surface area contributed by atoms with Crippen molar-refractivity contribution in [2.75, 3.05) is 0 Å². The van der Waals surface area contributed by atoms with Gasteiger partial charge in [-0.05, 0) is 13.8 Å². The molecule has 7 heavy (non-hydrogen) atoms. The van der Waals surface area contributed by atoms with Crippen molar-refractivity contribution in [3.05, 3.63) is 24.3 Å². The van der Waals surface area contributed by atoms with E-state index in [0.29, 0.717) is 0 Å². The number of rotatable bonds is 1. The zero-order valence-electron chi connectivity index (χ0n) is 6.31. The molecule has 0 rings (SSSR count). The smallest absolute Gasteiger partial charge is 1.00 e. The summed E-state index contributed by atoms with van der Waals surface area (Å²) in [5.74, 6) is 0. The number of allylic oxidation sites excluding steroid dienone is 4. The van der Waals surface area contributed by atoms with Crippen LogP contribution in [0.15, 0.2) is 24.3 Å². The third kappa shape index (κ3) is 11.0. The second kappa shape index (κ2) is 10.2. The first kappa shape index (κ1) is 11.0. The van der Waals surface area contributed by atoms with Gasteiger partial charge in [0.2, 0.25) is 0 Å². The van der Waals surface area contributed by atoms with Crippen molar-refractivity contribution in [2.24, 2.45) is 0 Å². The zero-order valence-corrected chi connectivity index (χ0v) is 8.43. The molecule has 0 heterocycles. The summed E-state index contributed by atoms with van der Waals surface area (Å²) in [6.45, 7) is 4.00. The fourth-order valence-electron chi connectivity index (χ4n) is 0.222. The molecule has 0 amide bonds. The normalized spacial score (nSPS) is 10.0. The molecule has 0 aliphatic carbocycles. The topological polar surface area (TPSA) is 0 Å². The summed E-state index contributed by atoms with van der Waals surface area (Å²) in [4.78, 5) is 0. The molecular weight excluding hydrogens is 111 g/mol. The van der Waals surface area contributed by atoms with Crippen LogP contribution in [0.1, 0.15) is 15.3 Å². The Hall–Kier alpha value is 1.12. The minimum atomic E-state index is 0. The summed E-state index contributed by atoms with van der Waals surface area (Å²) in [7, 11) is 0. The quantitative estimate of drug-likeness (QED) is 0.317. The van der Waals surface area contributed by atoms with E-state index in [1.54, 1.807) is 0 Å². The molecule has 0 aromatic heterocycles. The average molecular weight is 122 g/mol. The molecule has 0 N–H and O–H groups in total. The first-order valence-corrected chi connectivity index (χ1v) is 2.15. The Balaban J connectivity index is -0.000000125. The molecule has 0 aliphatic heterocycles. The van der Waals surface area contributed by atoms with E-state index in [9.17, 15) is 0 Å². The van der Waals surface area contributed by atoms with Gasteiger partial charge in [0.05, 0.1) is 0 Å². The molecule has 0 saturated carbocycles. The molecule has 1 heteroatoms. The van der Waals surface area contributed by atoms with Gasteiger partial charge < -0.3 is 1.43 Å². The van der Waals surface area contributed by atoms with Crippen molar-refractivity contribution in [1.29, 1.82) is 0 Å². The molecule has 0 atom stereocenters. The Kier molecular flexibility index (Phi) is 16.0. The van der Waals surface area contributed by atoms with Gasteiger partial charge in [-0.3, -0.25) is 0 Å². The maximum Gasteiger partial charge on any atom is 1.00 e. The Morgan fingerprint density at radius 1 is 1.00 bits per heavy atom.